The Morgan fingerprint density at radius 1 is 1.24 bits per heavy atom. The first-order valence-electron chi connectivity index (χ1n) is 6.67. The maximum Gasteiger partial charge on any atom is 0.314 e. The molecule has 0 fully saturated rings. The molecular weight excluding hydrogens is 272 g/mol. The number of hydrogen-bond donors (Lipinski definition) is 4. The smallest absolute Gasteiger partial charge is 0.314 e. The van der Waals surface area contributed by atoms with Gasteiger partial charge in [0.1, 0.15) is 0 Å². The second-order valence-corrected chi connectivity index (χ2v) is 5.24. The molecule has 112 valence electrons. The van der Waals surface area contributed by atoms with Crippen molar-refractivity contribution in [1.29, 1.82) is 0 Å². The Balaban J connectivity index is 2.36. The van der Waals surface area contributed by atoms with Gasteiger partial charge in [0.2, 0.25) is 5.91 Å². The van der Waals surface area contributed by atoms with Gasteiger partial charge in [-0.1, -0.05) is 6.92 Å². The molecule has 7 heteroatoms. The van der Waals surface area contributed by atoms with Crippen LogP contribution >= 0.6 is 0 Å². The number of carbonyl (C=O) groups is 1. The van der Waals surface area contributed by atoms with Crippen molar-refractivity contribution in [2.75, 3.05) is 11.9 Å². The van der Waals surface area contributed by atoms with Crippen LogP contribution in [0.15, 0.2) is 27.8 Å². The molecule has 0 saturated carbocycles. The van der Waals surface area contributed by atoms with Crippen molar-refractivity contribution in [2.24, 2.45) is 11.1 Å². The first-order valence-corrected chi connectivity index (χ1v) is 6.67. The summed E-state index contributed by atoms with van der Waals surface area (Å²) in [7, 11) is 0. The monoisotopic (exact) mass is 290 g/mol. The molecule has 2 aromatic rings. The summed E-state index contributed by atoms with van der Waals surface area (Å²) in [5, 5.41) is 2.78. The third-order valence-corrected chi connectivity index (χ3v) is 3.76. The van der Waals surface area contributed by atoms with E-state index in [0.717, 1.165) is 0 Å². The SMILES string of the molecule is CCC(C)(CN)C(=O)Nc1ccc2[nH]c(=O)c(=O)[nH]c2c1. The fourth-order valence-corrected chi connectivity index (χ4v) is 1.87. The lowest BCUT2D eigenvalue weighted by molar-refractivity contribution is -0.124. The number of H-pyrrole nitrogens is 2. The van der Waals surface area contributed by atoms with E-state index in [1.165, 1.54) is 0 Å². The number of rotatable bonds is 4. The Kier molecular flexibility index (Phi) is 3.95. The van der Waals surface area contributed by atoms with E-state index in [4.69, 9.17) is 5.73 Å². The summed E-state index contributed by atoms with van der Waals surface area (Å²) in [6, 6.07) is 4.87. The molecule has 0 bridgehead atoms. The van der Waals surface area contributed by atoms with E-state index < -0.39 is 16.5 Å². The number of benzene rings is 1. The van der Waals surface area contributed by atoms with Gasteiger partial charge in [-0.15, -0.1) is 0 Å². The zero-order chi connectivity index (χ0) is 15.6. The molecule has 1 aromatic carbocycles. The minimum atomic E-state index is -0.730. The van der Waals surface area contributed by atoms with Gasteiger partial charge in [-0.25, -0.2) is 0 Å². The molecule has 0 aliphatic carbocycles. The molecule has 1 atom stereocenters. The summed E-state index contributed by atoms with van der Waals surface area (Å²) >= 11 is 0. The maximum absolute atomic E-state index is 12.2. The number of aromatic nitrogens is 2. The van der Waals surface area contributed by atoms with Crippen molar-refractivity contribution < 1.29 is 4.79 Å². The van der Waals surface area contributed by atoms with Crippen LogP contribution in [0.2, 0.25) is 0 Å². The molecule has 1 amide bonds. The van der Waals surface area contributed by atoms with E-state index in [0.29, 0.717) is 23.1 Å². The molecule has 0 aliphatic rings. The lowest BCUT2D eigenvalue weighted by Crippen LogP contribution is -2.39. The van der Waals surface area contributed by atoms with Gasteiger partial charge in [0.15, 0.2) is 0 Å². The van der Waals surface area contributed by atoms with E-state index in [1.807, 2.05) is 6.92 Å². The van der Waals surface area contributed by atoms with Crippen molar-refractivity contribution in [3.63, 3.8) is 0 Å². The van der Waals surface area contributed by atoms with Crippen molar-refractivity contribution in [1.82, 2.24) is 9.97 Å². The first kappa shape index (κ1) is 15.0. The van der Waals surface area contributed by atoms with E-state index in [2.05, 4.69) is 15.3 Å². The minimum Gasteiger partial charge on any atom is -0.329 e. The second-order valence-electron chi connectivity index (χ2n) is 5.24. The summed E-state index contributed by atoms with van der Waals surface area (Å²) in [6.45, 7) is 3.94. The van der Waals surface area contributed by atoms with Gasteiger partial charge in [0, 0.05) is 12.2 Å². The molecular formula is C14H18N4O3. The van der Waals surface area contributed by atoms with Gasteiger partial charge < -0.3 is 21.0 Å². The number of nitrogens with one attached hydrogen (secondary N) is 3. The Bertz CT molecular complexity index is 787. The third kappa shape index (κ3) is 2.87. The van der Waals surface area contributed by atoms with E-state index in [9.17, 15) is 14.4 Å². The zero-order valence-corrected chi connectivity index (χ0v) is 11.9. The number of carbonyl (C=O) groups excluding carboxylic acids is 1. The number of aromatic amines is 2. The average Bonchev–Trinajstić information content (AvgIpc) is 2.47. The second kappa shape index (κ2) is 5.53. The lowest BCUT2D eigenvalue weighted by Gasteiger charge is -2.24. The quantitative estimate of drug-likeness (QED) is 0.614. The van der Waals surface area contributed by atoms with Crippen LogP contribution in [0, 0.1) is 5.41 Å². The van der Waals surface area contributed by atoms with E-state index in [1.54, 1.807) is 25.1 Å². The molecule has 2 rings (SSSR count). The number of fused-ring (bicyclic) bond motifs is 1. The number of hydrogen-bond acceptors (Lipinski definition) is 4. The van der Waals surface area contributed by atoms with Crippen molar-refractivity contribution in [2.45, 2.75) is 20.3 Å². The van der Waals surface area contributed by atoms with Crippen molar-refractivity contribution >= 4 is 22.6 Å². The minimum absolute atomic E-state index is 0.182. The zero-order valence-electron chi connectivity index (χ0n) is 11.9. The van der Waals surface area contributed by atoms with Crippen LogP contribution in [0.25, 0.3) is 11.0 Å². The van der Waals surface area contributed by atoms with E-state index >= 15 is 0 Å². The van der Waals surface area contributed by atoms with Gasteiger partial charge in [0.05, 0.1) is 16.4 Å². The fourth-order valence-electron chi connectivity index (χ4n) is 1.87. The van der Waals surface area contributed by atoms with E-state index in [-0.39, 0.29) is 12.5 Å². The van der Waals surface area contributed by atoms with Crippen molar-refractivity contribution in [3.05, 3.63) is 38.9 Å². The molecule has 1 aromatic heterocycles. The highest BCUT2D eigenvalue weighted by atomic mass is 16.2. The predicted octanol–water partition coefficient (Wildman–Crippen LogP) is 0.530. The maximum atomic E-state index is 12.2. The molecule has 21 heavy (non-hydrogen) atoms. The standard InChI is InChI=1S/C14H18N4O3/c1-3-14(2,7-15)13(21)16-8-4-5-9-10(6-8)18-12(20)11(19)17-9/h4-6H,3,7,15H2,1-2H3,(H,16,21)(H,17,19)(H,18,20). The Labute approximate surface area is 120 Å². The van der Waals surface area contributed by atoms with Crippen LogP contribution < -0.4 is 22.2 Å². The summed E-state index contributed by atoms with van der Waals surface area (Å²) in [6.07, 6.45) is 0.618. The largest absolute Gasteiger partial charge is 0.329 e. The van der Waals surface area contributed by atoms with Gasteiger partial charge in [-0.3, -0.25) is 14.4 Å². The summed E-state index contributed by atoms with van der Waals surface area (Å²) < 4.78 is 0. The van der Waals surface area contributed by atoms with Gasteiger partial charge in [-0.05, 0) is 31.5 Å². The Hall–Kier alpha value is -2.41. The molecule has 0 saturated heterocycles. The highest BCUT2D eigenvalue weighted by Crippen LogP contribution is 2.22. The molecule has 0 spiro atoms. The van der Waals surface area contributed by atoms with Gasteiger partial charge >= 0.3 is 11.1 Å². The number of nitrogens with two attached hydrogens (primary N) is 1. The van der Waals surface area contributed by atoms with Gasteiger partial charge in [-0.2, -0.15) is 0 Å². The average molecular weight is 290 g/mol. The highest BCUT2D eigenvalue weighted by Gasteiger charge is 2.29. The van der Waals surface area contributed by atoms with Gasteiger partial charge in [0.25, 0.3) is 0 Å². The van der Waals surface area contributed by atoms with Crippen LogP contribution in [0.4, 0.5) is 5.69 Å². The predicted molar refractivity (Wildman–Crippen MR) is 81.3 cm³/mol. The summed E-state index contributed by atoms with van der Waals surface area (Å²) in [5.74, 6) is -0.182. The fraction of sp³-hybridized carbons (Fsp3) is 0.357. The molecule has 7 nitrogen and oxygen atoms in total. The van der Waals surface area contributed by atoms with Crippen LogP contribution in [0.1, 0.15) is 20.3 Å². The molecule has 5 N–H and O–H groups in total. The highest BCUT2D eigenvalue weighted by molar-refractivity contribution is 5.96. The number of amides is 1. The summed E-state index contributed by atoms with van der Waals surface area (Å²) in [4.78, 5) is 39.7. The third-order valence-electron chi connectivity index (χ3n) is 3.76. The molecule has 1 heterocycles. The summed E-state index contributed by atoms with van der Waals surface area (Å²) in [5.41, 5.74) is 5.04. The van der Waals surface area contributed by atoms with Crippen molar-refractivity contribution in [3.8, 4) is 0 Å². The van der Waals surface area contributed by atoms with Crippen LogP contribution in [-0.4, -0.2) is 22.4 Å². The Morgan fingerprint density at radius 3 is 2.43 bits per heavy atom. The molecule has 0 aliphatic heterocycles. The molecule has 0 radical (unpaired) electrons. The lowest BCUT2D eigenvalue weighted by atomic mass is 9.86. The van der Waals surface area contributed by atoms with Crippen LogP contribution in [0.3, 0.4) is 0 Å². The van der Waals surface area contributed by atoms with Crippen LogP contribution in [0.5, 0.6) is 0 Å². The van der Waals surface area contributed by atoms with Crippen LogP contribution in [-0.2, 0) is 4.79 Å². The first-order chi connectivity index (χ1) is 9.89. The molecule has 1 unspecified atom stereocenters. The topological polar surface area (TPSA) is 121 Å². The number of anilines is 1. The Morgan fingerprint density at radius 2 is 1.86 bits per heavy atom. The normalized spacial score (nSPS) is 13.9.